The number of aromatic nitrogens is 2. The molecule has 0 fully saturated rings. The molecule has 0 atom stereocenters. The second-order valence-electron chi connectivity index (χ2n) is 5.95. The maximum Gasteiger partial charge on any atom is 0.138 e. The first-order chi connectivity index (χ1) is 8.79. The normalized spacial score (nSPS) is 11.8. The van der Waals surface area contributed by atoms with Crippen molar-refractivity contribution < 1.29 is 5.11 Å². The summed E-state index contributed by atoms with van der Waals surface area (Å²) in [5, 5.41) is 12.3. The van der Waals surface area contributed by atoms with Crippen LogP contribution in [-0.2, 0) is 5.41 Å². The molecule has 0 aliphatic rings. The van der Waals surface area contributed by atoms with Gasteiger partial charge in [0.1, 0.15) is 17.5 Å². The molecule has 5 nitrogen and oxygen atoms in total. The fourth-order valence-electron chi connectivity index (χ4n) is 1.79. The molecule has 0 aromatic carbocycles. The van der Waals surface area contributed by atoms with E-state index < -0.39 is 0 Å². The van der Waals surface area contributed by atoms with Crippen LogP contribution < -0.4 is 10.2 Å². The van der Waals surface area contributed by atoms with Crippen LogP contribution >= 0.6 is 0 Å². The number of nitrogens with zero attached hydrogens (tertiary/aromatic N) is 3. The van der Waals surface area contributed by atoms with Crippen molar-refractivity contribution in [3.8, 4) is 0 Å². The van der Waals surface area contributed by atoms with Crippen molar-refractivity contribution in [2.45, 2.75) is 46.1 Å². The Labute approximate surface area is 116 Å². The average Bonchev–Trinajstić information content (AvgIpc) is 2.33. The summed E-state index contributed by atoms with van der Waals surface area (Å²) < 4.78 is 0. The molecule has 1 heterocycles. The van der Waals surface area contributed by atoms with Crippen LogP contribution in [0.5, 0.6) is 0 Å². The third kappa shape index (κ3) is 4.06. The lowest BCUT2D eigenvalue weighted by atomic mass is 9.96. The second kappa shape index (κ2) is 6.19. The third-order valence-electron chi connectivity index (χ3n) is 2.90. The first kappa shape index (κ1) is 15.7. The van der Waals surface area contributed by atoms with Gasteiger partial charge in [-0.1, -0.05) is 20.8 Å². The Kier molecular flexibility index (Phi) is 5.11. The fourth-order valence-corrected chi connectivity index (χ4v) is 1.79. The average molecular weight is 266 g/mol. The molecule has 0 bridgehead atoms. The number of nitrogens with one attached hydrogen (secondary N) is 1. The standard InChI is InChI=1S/C14H26N4O/c1-10(2)18(7-8-19)12-9-11(15-6)16-13(17-12)14(3,4)5/h9-10,19H,7-8H2,1-6H3,(H,15,16,17). The molecule has 0 saturated carbocycles. The zero-order valence-electron chi connectivity index (χ0n) is 12.9. The molecule has 0 aliphatic heterocycles. The van der Waals surface area contributed by atoms with Crippen LogP contribution in [0.15, 0.2) is 6.07 Å². The van der Waals surface area contributed by atoms with Crippen molar-refractivity contribution in [2.24, 2.45) is 0 Å². The molecule has 0 saturated heterocycles. The van der Waals surface area contributed by atoms with E-state index in [-0.39, 0.29) is 18.1 Å². The molecule has 0 radical (unpaired) electrons. The van der Waals surface area contributed by atoms with Crippen LogP contribution in [0.1, 0.15) is 40.4 Å². The minimum absolute atomic E-state index is 0.108. The number of aliphatic hydroxyl groups is 1. The van der Waals surface area contributed by atoms with E-state index in [0.29, 0.717) is 6.54 Å². The number of aliphatic hydroxyl groups excluding tert-OH is 1. The minimum atomic E-state index is -0.108. The zero-order valence-corrected chi connectivity index (χ0v) is 12.9. The molecule has 2 N–H and O–H groups in total. The lowest BCUT2D eigenvalue weighted by molar-refractivity contribution is 0.298. The Morgan fingerprint density at radius 3 is 2.37 bits per heavy atom. The molecule has 5 heteroatoms. The summed E-state index contributed by atoms with van der Waals surface area (Å²) in [6.07, 6.45) is 0. The van der Waals surface area contributed by atoms with Crippen molar-refractivity contribution in [1.82, 2.24) is 9.97 Å². The van der Waals surface area contributed by atoms with Gasteiger partial charge in [0.25, 0.3) is 0 Å². The van der Waals surface area contributed by atoms with E-state index in [2.05, 4.69) is 54.8 Å². The molecule has 1 aromatic heterocycles. The van der Waals surface area contributed by atoms with Gasteiger partial charge in [-0.3, -0.25) is 0 Å². The highest BCUT2D eigenvalue weighted by molar-refractivity contribution is 5.50. The van der Waals surface area contributed by atoms with Crippen LogP contribution in [0.3, 0.4) is 0 Å². The van der Waals surface area contributed by atoms with Gasteiger partial charge in [0.15, 0.2) is 0 Å². The number of rotatable bonds is 5. The second-order valence-corrected chi connectivity index (χ2v) is 5.95. The maximum absolute atomic E-state index is 9.20. The van der Waals surface area contributed by atoms with Crippen molar-refractivity contribution in [3.63, 3.8) is 0 Å². The Hall–Kier alpha value is -1.36. The van der Waals surface area contributed by atoms with E-state index in [4.69, 9.17) is 0 Å². The van der Waals surface area contributed by atoms with Crippen molar-refractivity contribution in [2.75, 3.05) is 30.4 Å². The summed E-state index contributed by atoms with van der Waals surface area (Å²) in [5.74, 6) is 2.46. The van der Waals surface area contributed by atoms with Crippen LogP contribution in [0.2, 0.25) is 0 Å². The lowest BCUT2D eigenvalue weighted by Gasteiger charge is -2.29. The number of anilines is 2. The molecule has 0 amide bonds. The molecule has 0 spiro atoms. The third-order valence-corrected chi connectivity index (χ3v) is 2.90. The van der Waals surface area contributed by atoms with E-state index >= 15 is 0 Å². The summed E-state index contributed by atoms with van der Waals surface area (Å²) >= 11 is 0. The zero-order chi connectivity index (χ0) is 14.6. The van der Waals surface area contributed by atoms with E-state index in [1.165, 1.54) is 0 Å². The smallest absolute Gasteiger partial charge is 0.138 e. The Bertz CT molecular complexity index is 412. The van der Waals surface area contributed by atoms with E-state index in [0.717, 1.165) is 17.5 Å². The van der Waals surface area contributed by atoms with Gasteiger partial charge in [0.05, 0.1) is 6.61 Å². The topological polar surface area (TPSA) is 61.3 Å². The van der Waals surface area contributed by atoms with Crippen LogP contribution in [0.4, 0.5) is 11.6 Å². The molecule has 1 rings (SSSR count). The summed E-state index contributed by atoms with van der Waals surface area (Å²) in [7, 11) is 1.85. The van der Waals surface area contributed by atoms with E-state index in [9.17, 15) is 5.11 Å². The number of hydrogen-bond acceptors (Lipinski definition) is 5. The predicted molar refractivity (Wildman–Crippen MR) is 79.8 cm³/mol. The van der Waals surface area contributed by atoms with Gasteiger partial charge >= 0.3 is 0 Å². The first-order valence-electron chi connectivity index (χ1n) is 6.74. The molecular formula is C14H26N4O. The van der Waals surface area contributed by atoms with Gasteiger partial charge in [-0.05, 0) is 13.8 Å². The quantitative estimate of drug-likeness (QED) is 0.854. The fraction of sp³-hybridized carbons (Fsp3) is 0.714. The van der Waals surface area contributed by atoms with Crippen LogP contribution in [0, 0.1) is 0 Å². The largest absolute Gasteiger partial charge is 0.395 e. The Morgan fingerprint density at radius 1 is 1.32 bits per heavy atom. The highest BCUT2D eigenvalue weighted by atomic mass is 16.3. The molecule has 108 valence electrons. The van der Waals surface area contributed by atoms with E-state index in [1.807, 2.05) is 13.1 Å². The van der Waals surface area contributed by atoms with Gasteiger partial charge in [-0.15, -0.1) is 0 Å². The molecule has 1 aromatic rings. The molecular weight excluding hydrogens is 240 g/mol. The summed E-state index contributed by atoms with van der Waals surface area (Å²) in [5.41, 5.74) is -0.108. The maximum atomic E-state index is 9.20. The van der Waals surface area contributed by atoms with Gasteiger partial charge in [0.2, 0.25) is 0 Å². The van der Waals surface area contributed by atoms with Crippen LogP contribution in [0.25, 0.3) is 0 Å². The lowest BCUT2D eigenvalue weighted by Crippen LogP contribution is -2.35. The summed E-state index contributed by atoms with van der Waals surface area (Å²) in [6, 6.07) is 2.20. The SMILES string of the molecule is CNc1cc(N(CCO)C(C)C)nc(C(C)(C)C)n1. The van der Waals surface area contributed by atoms with Crippen molar-refractivity contribution in [1.29, 1.82) is 0 Å². The Balaban J connectivity index is 3.25. The molecule has 0 aliphatic carbocycles. The summed E-state index contributed by atoms with van der Waals surface area (Å²) in [4.78, 5) is 11.3. The monoisotopic (exact) mass is 266 g/mol. The molecule has 19 heavy (non-hydrogen) atoms. The van der Waals surface area contributed by atoms with Crippen LogP contribution in [-0.4, -0.2) is 41.3 Å². The van der Waals surface area contributed by atoms with E-state index in [1.54, 1.807) is 0 Å². The van der Waals surface area contributed by atoms with Crippen molar-refractivity contribution in [3.05, 3.63) is 11.9 Å². The number of hydrogen-bond donors (Lipinski definition) is 2. The minimum Gasteiger partial charge on any atom is -0.395 e. The van der Waals surface area contributed by atoms with Gasteiger partial charge in [-0.2, -0.15) is 0 Å². The first-order valence-corrected chi connectivity index (χ1v) is 6.74. The summed E-state index contributed by atoms with van der Waals surface area (Å²) in [6.45, 7) is 11.1. The Morgan fingerprint density at radius 2 is 1.95 bits per heavy atom. The highest BCUT2D eigenvalue weighted by Crippen LogP contribution is 2.24. The van der Waals surface area contributed by atoms with Gasteiger partial charge < -0.3 is 15.3 Å². The highest BCUT2D eigenvalue weighted by Gasteiger charge is 2.21. The van der Waals surface area contributed by atoms with Crippen molar-refractivity contribution >= 4 is 11.6 Å². The van der Waals surface area contributed by atoms with Gasteiger partial charge in [0, 0.05) is 31.1 Å². The predicted octanol–water partition coefficient (Wildman–Crippen LogP) is 2.02. The van der Waals surface area contributed by atoms with Gasteiger partial charge in [-0.25, -0.2) is 9.97 Å². The molecule has 0 unspecified atom stereocenters.